The molecule has 0 saturated heterocycles. The number of carbonyl (C=O) groups excluding carboxylic acids is 1. The van der Waals surface area contributed by atoms with E-state index in [0.717, 1.165) is 10.4 Å². The van der Waals surface area contributed by atoms with Crippen LogP contribution in [-0.4, -0.2) is 17.4 Å². The summed E-state index contributed by atoms with van der Waals surface area (Å²) in [5.41, 5.74) is 1.04. The Morgan fingerprint density at radius 1 is 1.25 bits per heavy atom. The number of thiophene rings is 1. The Balaban J connectivity index is 1.75. The standard InChI is InChI=1S/C14H14N2O3S/c17-14(10-13-2-1-9-20-13)15-8-7-11-3-5-12(6-4-11)16(18)19/h1-6,9H,7-8,10H2,(H,15,17). The smallest absolute Gasteiger partial charge is 0.269 e. The molecule has 0 aliphatic heterocycles. The molecule has 2 rings (SSSR count). The number of carbonyl (C=O) groups is 1. The predicted octanol–water partition coefficient (Wildman–Crippen LogP) is 2.56. The zero-order valence-electron chi connectivity index (χ0n) is 10.7. The van der Waals surface area contributed by atoms with Gasteiger partial charge in [0.15, 0.2) is 0 Å². The van der Waals surface area contributed by atoms with Crippen molar-refractivity contribution in [2.75, 3.05) is 6.54 Å². The maximum absolute atomic E-state index is 11.7. The molecule has 20 heavy (non-hydrogen) atoms. The van der Waals surface area contributed by atoms with Crippen LogP contribution in [0.1, 0.15) is 10.4 Å². The minimum Gasteiger partial charge on any atom is -0.355 e. The monoisotopic (exact) mass is 290 g/mol. The van der Waals surface area contributed by atoms with Gasteiger partial charge in [-0.15, -0.1) is 11.3 Å². The normalized spacial score (nSPS) is 10.2. The Kier molecular flexibility index (Phi) is 4.84. The summed E-state index contributed by atoms with van der Waals surface area (Å²) in [6.45, 7) is 0.530. The lowest BCUT2D eigenvalue weighted by atomic mass is 10.1. The van der Waals surface area contributed by atoms with E-state index in [-0.39, 0.29) is 11.6 Å². The Hall–Kier alpha value is -2.21. The third kappa shape index (κ3) is 4.17. The van der Waals surface area contributed by atoms with Crippen molar-refractivity contribution in [1.82, 2.24) is 5.32 Å². The lowest BCUT2D eigenvalue weighted by Gasteiger charge is -2.04. The van der Waals surface area contributed by atoms with Gasteiger partial charge >= 0.3 is 0 Å². The Morgan fingerprint density at radius 3 is 2.60 bits per heavy atom. The maximum Gasteiger partial charge on any atom is 0.269 e. The second kappa shape index (κ2) is 6.81. The first-order valence-electron chi connectivity index (χ1n) is 6.17. The van der Waals surface area contributed by atoms with E-state index in [0.29, 0.717) is 19.4 Å². The lowest BCUT2D eigenvalue weighted by Crippen LogP contribution is -2.26. The summed E-state index contributed by atoms with van der Waals surface area (Å²) in [6.07, 6.45) is 1.06. The van der Waals surface area contributed by atoms with E-state index in [9.17, 15) is 14.9 Å². The fourth-order valence-corrected chi connectivity index (χ4v) is 2.47. The van der Waals surface area contributed by atoms with Gasteiger partial charge in [-0.1, -0.05) is 18.2 Å². The first kappa shape index (κ1) is 14.2. The van der Waals surface area contributed by atoms with Gasteiger partial charge in [-0.05, 0) is 23.4 Å². The highest BCUT2D eigenvalue weighted by Gasteiger charge is 2.05. The fourth-order valence-electron chi connectivity index (χ4n) is 1.76. The van der Waals surface area contributed by atoms with Crippen molar-refractivity contribution in [3.63, 3.8) is 0 Å². The average Bonchev–Trinajstić information content (AvgIpc) is 2.92. The number of hydrogen-bond donors (Lipinski definition) is 1. The average molecular weight is 290 g/mol. The van der Waals surface area contributed by atoms with Crippen LogP contribution in [0.2, 0.25) is 0 Å². The molecule has 5 nitrogen and oxygen atoms in total. The van der Waals surface area contributed by atoms with Crippen LogP contribution in [0.3, 0.4) is 0 Å². The van der Waals surface area contributed by atoms with Gasteiger partial charge in [0.25, 0.3) is 5.69 Å². The van der Waals surface area contributed by atoms with Crippen molar-refractivity contribution < 1.29 is 9.72 Å². The molecule has 0 atom stereocenters. The van der Waals surface area contributed by atoms with Gasteiger partial charge in [0.2, 0.25) is 5.91 Å². The van der Waals surface area contributed by atoms with E-state index in [2.05, 4.69) is 5.32 Å². The van der Waals surface area contributed by atoms with E-state index in [4.69, 9.17) is 0 Å². The molecule has 1 aromatic carbocycles. The molecular weight excluding hydrogens is 276 g/mol. The summed E-state index contributed by atoms with van der Waals surface area (Å²) in [5, 5.41) is 15.3. The number of nitro groups is 1. The first-order valence-corrected chi connectivity index (χ1v) is 7.05. The molecule has 1 amide bonds. The summed E-state index contributed by atoms with van der Waals surface area (Å²) in [7, 11) is 0. The fraction of sp³-hybridized carbons (Fsp3) is 0.214. The number of benzene rings is 1. The Labute approximate surface area is 120 Å². The summed E-state index contributed by atoms with van der Waals surface area (Å²) in [6, 6.07) is 10.2. The highest BCUT2D eigenvalue weighted by atomic mass is 32.1. The minimum atomic E-state index is -0.424. The summed E-state index contributed by atoms with van der Waals surface area (Å²) >= 11 is 1.56. The van der Waals surface area contributed by atoms with Gasteiger partial charge < -0.3 is 5.32 Å². The van der Waals surface area contributed by atoms with Crippen molar-refractivity contribution >= 4 is 22.9 Å². The minimum absolute atomic E-state index is 0.00522. The van der Waals surface area contributed by atoms with Crippen LogP contribution in [0.4, 0.5) is 5.69 Å². The molecule has 104 valence electrons. The van der Waals surface area contributed by atoms with Crippen LogP contribution in [0.5, 0.6) is 0 Å². The molecule has 1 aromatic heterocycles. The van der Waals surface area contributed by atoms with E-state index >= 15 is 0 Å². The van der Waals surface area contributed by atoms with E-state index in [1.54, 1.807) is 23.5 Å². The van der Waals surface area contributed by atoms with Gasteiger partial charge in [0.1, 0.15) is 0 Å². The number of non-ortho nitro benzene ring substituents is 1. The number of nitro benzene ring substituents is 1. The zero-order valence-corrected chi connectivity index (χ0v) is 11.6. The molecular formula is C14H14N2O3S. The number of nitrogens with one attached hydrogen (secondary N) is 1. The molecule has 0 spiro atoms. The quantitative estimate of drug-likeness (QED) is 0.656. The highest BCUT2D eigenvalue weighted by molar-refractivity contribution is 7.10. The maximum atomic E-state index is 11.7. The van der Waals surface area contributed by atoms with E-state index in [1.807, 2.05) is 17.5 Å². The van der Waals surface area contributed by atoms with Gasteiger partial charge in [0.05, 0.1) is 11.3 Å². The third-order valence-electron chi connectivity index (χ3n) is 2.80. The van der Waals surface area contributed by atoms with E-state index in [1.165, 1.54) is 12.1 Å². The van der Waals surface area contributed by atoms with Crippen molar-refractivity contribution in [1.29, 1.82) is 0 Å². The van der Waals surface area contributed by atoms with E-state index < -0.39 is 4.92 Å². The molecule has 1 N–H and O–H groups in total. The SMILES string of the molecule is O=C(Cc1cccs1)NCCc1ccc([N+](=O)[O-])cc1. The number of rotatable bonds is 6. The Bertz CT molecular complexity index is 579. The second-order valence-electron chi connectivity index (χ2n) is 4.28. The van der Waals surface area contributed by atoms with Gasteiger partial charge in [-0.25, -0.2) is 0 Å². The highest BCUT2D eigenvalue weighted by Crippen LogP contribution is 2.12. The van der Waals surface area contributed by atoms with Crippen LogP contribution in [0.15, 0.2) is 41.8 Å². The molecule has 6 heteroatoms. The van der Waals surface area contributed by atoms with Crippen molar-refractivity contribution in [2.45, 2.75) is 12.8 Å². The number of nitrogens with zero attached hydrogens (tertiary/aromatic N) is 1. The predicted molar refractivity (Wildman–Crippen MR) is 77.8 cm³/mol. The molecule has 2 aromatic rings. The van der Waals surface area contributed by atoms with Crippen LogP contribution in [0, 0.1) is 10.1 Å². The number of hydrogen-bond acceptors (Lipinski definition) is 4. The van der Waals surface area contributed by atoms with Crippen LogP contribution in [0.25, 0.3) is 0 Å². The molecule has 0 fully saturated rings. The second-order valence-corrected chi connectivity index (χ2v) is 5.31. The molecule has 1 heterocycles. The Morgan fingerprint density at radius 2 is 2.00 bits per heavy atom. The molecule has 0 bridgehead atoms. The zero-order chi connectivity index (χ0) is 14.4. The molecule has 0 unspecified atom stereocenters. The molecule has 0 aliphatic carbocycles. The summed E-state index contributed by atoms with van der Waals surface area (Å²) in [4.78, 5) is 22.8. The van der Waals surface area contributed by atoms with Crippen LogP contribution in [-0.2, 0) is 17.6 Å². The third-order valence-corrected chi connectivity index (χ3v) is 3.67. The van der Waals surface area contributed by atoms with Gasteiger partial charge in [0, 0.05) is 23.6 Å². The van der Waals surface area contributed by atoms with Gasteiger partial charge in [-0.2, -0.15) is 0 Å². The lowest BCUT2D eigenvalue weighted by molar-refractivity contribution is -0.384. The van der Waals surface area contributed by atoms with Crippen molar-refractivity contribution in [2.24, 2.45) is 0 Å². The summed E-state index contributed by atoms with van der Waals surface area (Å²) < 4.78 is 0. The first-order chi connectivity index (χ1) is 9.65. The largest absolute Gasteiger partial charge is 0.355 e. The van der Waals surface area contributed by atoms with Crippen LogP contribution < -0.4 is 5.32 Å². The number of amides is 1. The van der Waals surface area contributed by atoms with Gasteiger partial charge in [-0.3, -0.25) is 14.9 Å². The topological polar surface area (TPSA) is 72.2 Å². The van der Waals surface area contributed by atoms with Crippen molar-refractivity contribution in [3.05, 3.63) is 62.3 Å². The molecule has 0 radical (unpaired) electrons. The summed E-state index contributed by atoms with van der Waals surface area (Å²) in [5.74, 6) is -0.00522. The molecule has 0 aliphatic rings. The molecule has 0 saturated carbocycles. The van der Waals surface area contributed by atoms with Crippen molar-refractivity contribution in [3.8, 4) is 0 Å². The van der Waals surface area contributed by atoms with Crippen LogP contribution >= 0.6 is 11.3 Å².